The molecule has 8 heteroatoms. The minimum Gasteiger partial charge on any atom is -0.493 e. The van der Waals surface area contributed by atoms with Gasteiger partial charge in [0.15, 0.2) is 11.5 Å². The van der Waals surface area contributed by atoms with E-state index in [4.69, 9.17) is 19.2 Å². The zero-order valence-corrected chi connectivity index (χ0v) is 20.7. The van der Waals surface area contributed by atoms with Crippen LogP contribution in [-0.4, -0.2) is 33.3 Å². The van der Waals surface area contributed by atoms with E-state index in [0.29, 0.717) is 29.4 Å². The van der Waals surface area contributed by atoms with Gasteiger partial charge in [-0.3, -0.25) is 5.41 Å². The van der Waals surface area contributed by atoms with Crippen LogP contribution in [0.1, 0.15) is 29.0 Å². The van der Waals surface area contributed by atoms with Gasteiger partial charge in [-0.15, -0.1) is 0 Å². The van der Waals surface area contributed by atoms with Gasteiger partial charge in [-0.05, 0) is 29.5 Å². The lowest BCUT2D eigenvalue weighted by molar-refractivity contribution is 0.354. The van der Waals surface area contributed by atoms with Crippen molar-refractivity contribution >= 4 is 10.8 Å². The standard InChI is InChI=1S/C29H27N5O3/c1-35-23-11-9-20(16-24(23)36-2)25-22-10-8-19-6-3-4-7-21(19)27(22)37-29-26(25)28(30)34(18-32-29)14-5-13-33-15-12-31-17-33/h3-4,6-12,15-18,25,30H,5,13-14H2,1-2H3/t25-/m0/s1. The van der Waals surface area contributed by atoms with Gasteiger partial charge in [0.2, 0.25) is 5.88 Å². The minimum absolute atomic E-state index is 0.260. The number of aromatic nitrogens is 4. The Hall–Kier alpha value is -4.59. The highest BCUT2D eigenvalue weighted by Crippen LogP contribution is 2.48. The van der Waals surface area contributed by atoms with Crippen molar-refractivity contribution in [3.8, 4) is 23.1 Å². The van der Waals surface area contributed by atoms with Crippen molar-refractivity contribution in [1.29, 1.82) is 5.41 Å². The van der Waals surface area contributed by atoms with Crippen LogP contribution < -0.4 is 19.7 Å². The Labute approximate surface area is 214 Å². The van der Waals surface area contributed by atoms with Crippen LogP contribution >= 0.6 is 0 Å². The van der Waals surface area contributed by atoms with Gasteiger partial charge >= 0.3 is 0 Å². The Morgan fingerprint density at radius 1 is 0.973 bits per heavy atom. The lowest BCUT2D eigenvalue weighted by atomic mass is 9.82. The van der Waals surface area contributed by atoms with Gasteiger partial charge in [-0.25, -0.2) is 9.97 Å². The van der Waals surface area contributed by atoms with Crippen molar-refractivity contribution in [1.82, 2.24) is 19.1 Å². The highest BCUT2D eigenvalue weighted by Gasteiger charge is 2.33. The summed E-state index contributed by atoms with van der Waals surface area (Å²) in [4.78, 5) is 8.81. The molecule has 186 valence electrons. The van der Waals surface area contributed by atoms with E-state index in [9.17, 15) is 5.41 Å². The number of rotatable bonds is 7. The largest absolute Gasteiger partial charge is 0.493 e. The van der Waals surface area contributed by atoms with Crippen LogP contribution in [0.5, 0.6) is 23.1 Å². The number of hydrogen-bond donors (Lipinski definition) is 1. The molecule has 0 saturated carbocycles. The fourth-order valence-electron chi connectivity index (χ4n) is 5.09. The van der Waals surface area contributed by atoms with Crippen LogP contribution in [0.25, 0.3) is 10.8 Å². The van der Waals surface area contributed by atoms with E-state index in [1.807, 2.05) is 45.7 Å². The Morgan fingerprint density at radius 2 is 1.84 bits per heavy atom. The molecule has 3 aromatic carbocycles. The molecule has 1 aliphatic rings. The summed E-state index contributed by atoms with van der Waals surface area (Å²) < 4.78 is 21.5. The summed E-state index contributed by atoms with van der Waals surface area (Å²) in [6.45, 7) is 1.47. The first kappa shape index (κ1) is 22.8. The molecule has 0 saturated heterocycles. The van der Waals surface area contributed by atoms with Crippen LogP contribution in [0.15, 0.2) is 79.6 Å². The Kier molecular flexibility index (Phi) is 5.84. The quantitative estimate of drug-likeness (QED) is 0.334. The zero-order chi connectivity index (χ0) is 25.4. The Morgan fingerprint density at radius 3 is 2.65 bits per heavy atom. The maximum Gasteiger partial charge on any atom is 0.228 e. The molecule has 0 bridgehead atoms. The van der Waals surface area contributed by atoms with Gasteiger partial charge in [0.25, 0.3) is 0 Å². The molecule has 0 fully saturated rings. The first-order chi connectivity index (χ1) is 18.2. The molecule has 5 aromatic rings. The summed E-state index contributed by atoms with van der Waals surface area (Å²) in [6, 6.07) is 18.3. The van der Waals surface area contributed by atoms with Crippen molar-refractivity contribution < 1.29 is 14.2 Å². The normalized spacial score (nSPS) is 14.1. The number of benzene rings is 3. The SMILES string of the molecule is COc1ccc([C@H]2c3ccc4ccccc4c3Oc3ncn(CCCn4ccnc4)c(=N)c32)cc1OC. The van der Waals surface area contributed by atoms with E-state index in [-0.39, 0.29) is 5.92 Å². The fourth-order valence-corrected chi connectivity index (χ4v) is 5.09. The summed E-state index contributed by atoms with van der Waals surface area (Å²) in [5.41, 5.74) is 3.09. The van der Waals surface area contributed by atoms with Gasteiger partial charge in [0.05, 0.1) is 26.1 Å². The molecule has 1 aliphatic heterocycles. The van der Waals surface area contributed by atoms with Gasteiger partial charge in [-0.2, -0.15) is 0 Å². The third-order valence-corrected chi connectivity index (χ3v) is 6.91. The van der Waals surface area contributed by atoms with Crippen LogP contribution in [0.2, 0.25) is 0 Å². The van der Waals surface area contributed by atoms with E-state index >= 15 is 0 Å². The summed E-state index contributed by atoms with van der Waals surface area (Å²) >= 11 is 0. The molecule has 0 radical (unpaired) electrons. The highest BCUT2D eigenvalue weighted by molar-refractivity contribution is 5.91. The first-order valence-corrected chi connectivity index (χ1v) is 12.2. The zero-order valence-electron chi connectivity index (χ0n) is 20.7. The number of nitrogens with one attached hydrogen (secondary N) is 1. The first-order valence-electron chi connectivity index (χ1n) is 12.2. The van der Waals surface area contributed by atoms with E-state index in [2.05, 4.69) is 29.2 Å². The third-order valence-electron chi connectivity index (χ3n) is 6.91. The average molecular weight is 494 g/mol. The van der Waals surface area contributed by atoms with E-state index in [1.165, 1.54) is 0 Å². The molecule has 0 unspecified atom stereocenters. The third kappa shape index (κ3) is 4.00. The molecule has 0 spiro atoms. The van der Waals surface area contributed by atoms with Crippen molar-refractivity contribution in [2.75, 3.05) is 14.2 Å². The number of imidazole rings is 1. The lowest BCUT2D eigenvalue weighted by Crippen LogP contribution is -2.30. The van der Waals surface area contributed by atoms with E-state index in [1.54, 1.807) is 33.1 Å². The topological polar surface area (TPSA) is 87.2 Å². The number of aryl methyl sites for hydroxylation is 2. The van der Waals surface area contributed by atoms with Gasteiger partial charge in [-0.1, -0.05) is 42.5 Å². The Balaban J connectivity index is 1.49. The molecule has 1 N–H and O–H groups in total. The Bertz CT molecular complexity index is 1640. The number of methoxy groups -OCH3 is 2. The average Bonchev–Trinajstić information content (AvgIpc) is 3.46. The van der Waals surface area contributed by atoms with Crippen molar-refractivity contribution in [2.45, 2.75) is 25.4 Å². The molecular weight excluding hydrogens is 466 g/mol. The molecular formula is C29H27N5O3. The smallest absolute Gasteiger partial charge is 0.228 e. The maximum atomic E-state index is 9.21. The van der Waals surface area contributed by atoms with Crippen molar-refractivity contribution in [3.63, 3.8) is 0 Å². The number of fused-ring (bicyclic) bond motifs is 4. The fraction of sp³-hybridized carbons (Fsp3) is 0.207. The van der Waals surface area contributed by atoms with Crippen LogP contribution in [0, 0.1) is 5.41 Å². The second-order valence-electron chi connectivity index (χ2n) is 9.01. The van der Waals surface area contributed by atoms with Gasteiger partial charge in [0.1, 0.15) is 17.6 Å². The second-order valence-corrected chi connectivity index (χ2v) is 9.01. The van der Waals surface area contributed by atoms with Crippen molar-refractivity contribution in [2.24, 2.45) is 0 Å². The maximum absolute atomic E-state index is 9.21. The molecule has 1 atom stereocenters. The van der Waals surface area contributed by atoms with Crippen molar-refractivity contribution in [3.05, 3.63) is 102 Å². The molecule has 37 heavy (non-hydrogen) atoms. The van der Waals surface area contributed by atoms with Crippen LogP contribution in [0.4, 0.5) is 0 Å². The van der Waals surface area contributed by atoms with Crippen LogP contribution in [0.3, 0.4) is 0 Å². The monoisotopic (exact) mass is 493 g/mol. The highest BCUT2D eigenvalue weighted by atomic mass is 16.5. The molecule has 0 aliphatic carbocycles. The molecule has 3 heterocycles. The molecule has 0 amide bonds. The summed E-state index contributed by atoms with van der Waals surface area (Å²) in [5.74, 6) is 2.27. The second kappa shape index (κ2) is 9.46. The lowest BCUT2D eigenvalue weighted by Gasteiger charge is -2.29. The summed E-state index contributed by atoms with van der Waals surface area (Å²) in [6.07, 6.45) is 8.07. The van der Waals surface area contributed by atoms with Gasteiger partial charge in [0, 0.05) is 42.4 Å². The number of ether oxygens (including phenoxy) is 3. The van der Waals surface area contributed by atoms with Gasteiger partial charge < -0.3 is 23.3 Å². The predicted octanol–water partition coefficient (Wildman–Crippen LogP) is 5.11. The molecule has 6 rings (SSSR count). The predicted molar refractivity (Wildman–Crippen MR) is 139 cm³/mol. The van der Waals surface area contributed by atoms with E-state index in [0.717, 1.165) is 46.2 Å². The molecule has 2 aromatic heterocycles. The van der Waals surface area contributed by atoms with Crippen LogP contribution in [-0.2, 0) is 13.1 Å². The summed E-state index contributed by atoms with van der Waals surface area (Å²) in [5, 5.41) is 11.3. The molecule has 8 nitrogen and oxygen atoms in total. The van der Waals surface area contributed by atoms with E-state index < -0.39 is 0 Å². The summed E-state index contributed by atoms with van der Waals surface area (Å²) in [7, 11) is 3.26. The number of nitrogens with zero attached hydrogens (tertiary/aromatic N) is 4. The minimum atomic E-state index is -0.260. The number of hydrogen-bond acceptors (Lipinski definition) is 6.